The Kier molecular flexibility index (Phi) is 4.21. The van der Waals surface area contributed by atoms with Crippen LogP contribution in [0.25, 0.3) is 0 Å². The van der Waals surface area contributed by atoms with Gasteiger partial charge in [0.05, 0.1) is 9.52 Å². The van der Waals surface area contributed by atoms with E-state index >= 15 is 0 Å². The van der Waals surface area contributed by atoms with Crippen molar-refractivity contribution in [1.82, 2.24) is 0 Å². The van der Waals surface area contributed by atoms with Crippen LogP contribution in [0.2, 0.25) is 6.55 Å². The monoisotopic (exact) mass is 253 g/mol. The van der Waals surface area contributed by atoms with Gasteiger partial charge in [-0.3, -0.25) is 0 Å². The molecule has 2 heteroatoms. The summed E-state index contributed by atoms with van der Waals surface area (Å²) in [6, 6.07) is 19.9. The van der Waals surface area contributed by atoms with Crippen molar-refractivity contribution < 1.29 is 0 Å². The van der Waals surface area contributed by atoms with Crippen LogP contribution in [-0.2, 0) is 0 Å². The van der Waals surface area contributed by atoms with Crippen molar-refractivity contribution in [2.24, 2.45) is 0 Å². The normalized spacial score (nSPS) is 10.7. The van der Waals surface area contributed by atoms with Crippen LogP contribution in [0.15, 0.2) is 54.6 Å². The first-order valence-corrected chi connectivity index (χ1v) is 7.84. The van der Waals surface area contributed by atoms with E-state index in [9.17, 15) is 0 Å². The predicted octanol–water partition coefficient (Wildman–Crippen LogP) is 3.61. The third-order valence-electron chi connectivity index (χ3n) is 2.98. The van der Waals surface area contributed by atoms with Gasteiger partial charge in [-0.05, 0) is 38.1 Å². The number of nitrogens with zero attached hydrogens (tertiary/aromatic N) is 1. The molecule has 0 N–H and O–H groups in total. The van der Waals surface area contributed by atoms with Crippen LogP contribution in [0.4, 0.5) is 11.4 Å². The molecule has 0 aliphatic rings. The van der Waals surface area contributed by atoms with E-state index in [4.69, 9.17) is 0 Å². The van der Waals surface area contributed by atoms with Gasteiger partial charge in [0, 0.05) is 17.4 Å². The van der Waals surface area contributed by atoms with E-state index in [1.807, 2.05) is 0 Å². The summed E-state index contributed by atoms with van der Waals surface area (Å²) in [4.78, 5) is 2.36. The Balaban J connectivity index is 2.36. The predicted molar refractivity (Wildman–Crippen MR) is 81.4 cm³/mol. The van der Waals surface area contributed by atoms with Crippen molar-refractivity contribution in [2.45, 2.75) is 26.4 Å². The Hall–Kier alpha value is -1.54. The number of para-hydroxylation sites is 1. The molecular formula is C16H19NSi. The molecule has 2 aromatic carbocycles. The minimum atomic E-state index is 0.447. The lowest BCUT2D eigenvalue weighted by Crippen LogP contribution is -2.25. The minimum absolute atomic E-state index is 0.447. The second-order valence-corrected chi connectivity index (χ2v) is 5.67. The molecule has 92 valence electrons. The van der Waals surface area contributed by atoms with Crippen molar-refractivity contribution in [1.29, 1.82) is 0 Å². The SMILES string of the molecule is C[Si]c1ccc(N(c2ccccc2)C(C)C)cc1. The summed E-state index contributed by atoms with van der Waals surface area (Å²) in [5, 5.41) is 1.41. The van der Waals surface area contributed by atoms with Crippen molar-refractivity contribution in [3.05, 3.63) is 54.6 Å². The summed E-state index contributed by atoms with van der Waals surface area (Å²) in [6.07, 6.45) is 0. The molecule has 1 nitrogen and oxygen atoms in total. The molecule has 0 spiro atoms. The number of rotatable bonds is 4. The summed E-state index contributed by atoms with van der Waals surface area (Å²) in [7, 11) is 0.862. The largest absolute Gasteiger partial charge is 0.339 e. The number of anilines is 2. The third-order valence-corrected chi connectivity index (χ3v) is 3.90. The molecule has 0 fully saturated rings. The van der Waals surface area contributed by atoms with E-state index in [-0.39, 0.29) is 0 Å². The summed E-state index contributed by atoms with van der Waals surface area (Å²) in [5.41, 5.74) is 2.51. The lowest BCUT2D eigenvalue weighted by molar-refractivity contribution is 0.789. The Morgan fingerprint density at radius 1 is 0.833 bits per heavy atom. The average Bonchev–Trinajstić information content (AvgIpc) is 2.40. The first-order valence-electron chi connectivity index (χ1n) is 6.34. The zero-order valence-electron chi connectivity index (χ0n) is 11.2. The van der Waals surface area contributed by atoms with Crippen molar-refractivity contribution in [2.75, 3.05) is 4.90 Å². The molecule has 0 aliphatic heterocycles. The summed E-state index contributed by atoms with van der Waals surface area (Å²) in [5.74, 6) is 0. The fourth-order valence-electron chi connectivity index (χ4n) is 2.12. The van der Waals surface area contributed by atoms with E-state index in [0.717, 1.165) is 9.52 Å². The van der Waals surface area contributed by atoms with E-state index in [0.29, 0.717) is 6.04 Å². The smallest absolute Gasteiger partial charge is 0.0773 e. The summed E-state index contributed by atoms with van der Waals surface area (Å²) >= 11 is 0. The highest BCUT2D eigenvalue weighted by molar-refractivity contribution is 6.51. The van der Waals surface area contributed by atoms with E-state index in [1.54, 1.807) is 0 Å². The molecule has 0 saturated carbocycles. The zero-order chi connectivity index (χ0) is 13.0. The lowest BCUT2D eigenvalue weighted by atomic mass is 10.2. The highest BCUT2D eigenvalue weighted by atomic mass is 28.2. The molecule has 18 heavy (non-hydrogen) atoms. The maximum absolute atomic E-state index is 2.36. The maximum Gasteiger partial charge on any atom is 0.0773 e. The highest BCUT2D eigenvalue weighted by Gasteiger charge is 2.12. The zero-order valence-corrected chi connectivity index (χ0v) is 12.2. The van der Waals surface area contributed by atoms with Crippen LogP contribution in [0.3, 0.4) is 0 Å². The summed E-state index contributed by atoms with van der Waals surface area (Å²) < 4.78 is 0. The first kappa shape index (κ1) is 12.9. The number of hydrogen-bond acceptors (Lipinski definition) is 1. The Morgan fingerprint density at radius 2 is 1.39 bits per heavy atom. The number of hydrogen-bond donors (Lipinski definition) is 0. The standard InChI is InChI=1S/C16H19NSi/c1-13(2)17(14-7-5-4-6-8-14)15-9-11-16(18-3)12-10-15/h4-13H,1-3H3. The molecule has 0 aliphatic carbocycles. The Bertz CT molecular complexity index is 476. The molecular weight excluding hydrogens is 234 g/mol. The van der Waals surface area contributed by atoms with Crippen LogP contribution < -0.4 is 10.1 Å². The van der Waals surface area contributed by atoms with Crippen molar-refractivity contribution >= 4 is 26.1 Å². The lowest BCUT2D eigenvalue weighted by Gasteiger charge is -2.29. The fourth-order valence-corrected chi connectivity index (χ4v) is 2.62. The van der Waals surface area contributed by atoms with Gasteiger partial charge in [0.25, 0.3) is 0 Å². The molecule has 0 heterocycles. The Morgan fingerprint density at radius 3 is 1.89 bits per heavy atom. The van der Waals surface area contributed by atoms with Gasteiger partial charge in [-0.1, -0.05) is 42.1 Å². The Labute approximate surface area is 112 Å². The van der Waals surface area contributed by atoms with Crippen LogP contribution in [0.1, 0.15) is 13.8 Å². The second-order valence-electron chi connectivity index (χ2n) is 4.60. The molecule has 0 unspecified atom stereocenters. The van der Waals surface area contributed by atoms with Crippen LogP contribution in [0, 0.1) is 0 Å². The van der Waals surface area contributed by atoms with Gasteiger partial charge < -0.3 is 4.90 Å². The van der Waals surface area contributed by atoms with Gasteiger partial charge in [-0.25, -0.2) is 0 Å². The van der Waals surface area contributed by atoms with Gasteiger partial charge >= 0.3 is 0 Å². The molecule has 0 atom stereocenters. The van der Waals surface area contributed by atoms with Gasteiger partial charge in [-0.15, -0.1) is 0 Å². The fraction of sp³-hybridized carbons (Fsp3) is 0.250. The molecule has 2 aromatic rings. The van der Waals surface area contributed by atoms with Crippen LogP contribution in [0.5, 0.6) is 0 Å². The summed E-state index contributed by atoms with van der Waals surface area (Å²) in [6.45, 7) is 6.66. The van der Waals surface area contributed by atoms with Gasteiger partial charge in [0.2, 0.25) is 0 Å². The molecule has 0 amide bonds. The van der Waals surface area contributed by atoms with Crippen LogP contribution in [-0.4, -0.2) is 15.6 Å². The topological polar surface area (TPSA) is 3.24 Å². The minimum Gasteiger partial charge on any atom is -0.339 e. The average molecular weight is 253 g/mol. The molecule has 0 aromatic heterocycles. The van der Waals surface area contributed by atoms with E-state index in [2.05, 4.69) is 79.9 Å². The molecule has 0 saturated heterocycles. The van der Waals surface area contributed by atoms with E-state index in [1.165, 1.54) is 16.6 Å². The highest BCUT2D eigenvalue weighted by Crippen LogP contribution is 2.26. The van der Waals surface area contributed by atoms with Gasteiger partial charge in [0.1, 0.15) is 0 Å². The number of benzene rings is 2. The van der Waals surface area contributed by atoms with Crippen LogP contribution >= 0.6 is 0 Å². The maximum atomic E-state index is 2.36. The van der Waals surface area contributed by atoms with Crippen molar-refractivity contribution in [3.8, 4) is 0 Å². The molecule has 2 radical (unpaired) electrons. The second kappa shape index (κ2) is 5.87. The first-order chi connectivity index (χ1) is 8.72. The van der Waals surface area contributed by atoms with E-state index < -0.39 is 0 Å². The quantitative estimate of drug-likeness (QED) is 0.752. The van der Waals surface area contributed by atoms with Gasteiger partial charge in [0.15, 0.2) is 0 Å². The van der Waals surface area contributed by atoms with Crippen molar-refractivity contribution in [3.63, 3.8) is 0 Å². The molecule has 0 bridgehead atoms. The third kappa shape index (κ3) is 2.82. The molecule has 2 rings (SSSR count). The van der Waals surface area contributed by atoms with Gasteiger partial charge in [-0.2, -0.15) is 0 Å².